The number of rotatable bonds is 8. The van der Waals surface area contributed by atoms with Crippen LogP contribution < -0.4 is 5.32 Å². The van der Waals surface area contributed by atoms with Gasteiger partial charge in [-0.2, -0.15) is 0 Å². The van der Waals surface area contributed by atoms with Crippen molar-refractivity contribution in [3.05, 3.63) is 34.9 Å². The second kappa shape index (κ2) is 8.37. The molecule has 1 heteroatoms. The maximum atomic E-state index is 3.68. The summed E-state index contributed by atoms with van der Waals surface area (Å²) >= 11 is 0. The Balaban J connectivity index is 2.44. The van der Waals surface area contributed by atoms with Crippen molar-refractivity contribution in [3.8, 4) is 0 Å². The molecule has 1 N–H and O–H groups in total. The summed E-state index contributed by atoms with van der Waals surface area (Å²) in [6.07, 6.45) is 5.00. The van der Waals surface area contributed by atoms with E-state index in [1.807, 2.05) is 0 Å². The Morgan fingerprint density at radius 2 is 1.89 bits per heavy atom. The Morgan fingerprint density at radius 3 is 2.53 bits per heavy atom. The number of hydrogen-bond acceptors (Lipinski definition) is 1. The van der Waals surface area contributed by atoms with E-state index in [0.717, 1.165) is 12.5 Å². The van der Waals surface area contributed by atoms with Crippen molar-refractivity contribution >= 4 is 0 Å². The molecule has 1 atom stereocenters. The molecule has 0 heterocycles. The molecule has 0 aliphatic heterocycles. The van der Waals surface area contributed by atoms with Gasteiger partial charge in [-0.05, 0) is 63.1 Å². The molecule has 0 radical (unpaired) electrons. The summed E-state index contributed by atoms with van der Waals surface area (Å²) in [5, 5.41) is 3.68. The van der Waals surface area contributed by atoms with Crippen molar-refractivity contribution in [2.45, 2.75) is 66.3 Å². The third kappa shape index (κ3) is 5.78. The highest BCUT2D eigenvalue weighted by Gasteiger charge is 2.12. The lowest BCUT2D eigenvalue weighted by molar-refractivity contribution is 0.370. The van der Waals surface area contributed by atoms with Crippen molar-refractivity contribution in [1.29, 1.82) is 0 Å². The quantitative estimate of drug-likeness (QED) is 0.718. The van der Waals surface area contributed by atoms with Crippen LogP contribution >= 0.6 is 0 Å². The van der Waals surface area contributed by atoms with Gasteiger partial charge in [0, 0.05) is 6.04 Å². The van der Waals surface area contributed by atoms with Gasteiger partial charge in [0.15, 0.2) is 0 Å². The summed E-state index contributed by atoms with van der Waals surface area (Å²) < 4.78 is 0. The molecule has 0 fully saturated rings. The van der Waals surface area contributed by atoms with E-state index in [9.17, 15) is 0 Å². The smallest absolute Gasteiger partial charge is 0.00901 e. The Kier molecular flexibility index (Phi) is 7.15. The van der Waals surface area contributed by atoms with Crippen molar-refractivity contribution in [2.75, 3.05) is 6.54 Å². The molecule has 1 aromatic rings. The zero-order valence-electron chi connectivity index (χ0n) is 13.4. The number of nitrogens with one attached hydrogen (secondary N) is 1. The molecule has 1 aromatic carbocycles. The monoisotopic (exact) mass is 261 g/mol. The van der Waals surface area contributed by atoms with Crippen LogP contribution in [0.15, 0.2) is 18.2 Å². The van der Waals surface area contributed by atoms with E-state index in [1.54, 1.807) is 0 Å². The first-order chi connectivity index (χ1) is 9.04. The predicted molar refractivity (Wildman–Crippen MR) is 85.8 cm³/mol. The second-order valence-corrected chi connectivity index (χ2v) is 6.13. The largest absolute Gasteiger partial charge is 0.314 e. The van der Waals surface area contributed by atoms with E-state index in [0.29, 0.717) is 6.04 Å². The third-order valence-electron chi connectivity index (χ3n) is 3.93. The maximum Gasteiger partial charge on any atom is 0.00901 e. The molecule has 0 bridgehead atoms. The summed E-state index contributed by atoms with van der Waals surface area (Å²) in [7, 11) is 0. The molecule has 0 saturated heterocycles. The number of hydrogen-bond donors (Lipinski definition) is 1. The van der Waals surface area contributed by atoms with Gasteiger partial charge >= 0.3 is 0 Å². The summed E-state index contributed by atoms with van der Waals surface area (Å²) in [5.74, 6) is 0.727. The van der Waals surface area contributed by atoms with Gasteiger partial charge in [-0.3, -0.25) is 0 Å². The van der Waals surface area contributed by atoms with Crippen LogP contribution in [-0.4, -0.2) is 12.6 Å². The summed E-state index contributed by atoms with van der Waals surface area (Å²) in [6.45, 7) is 12.4. The molecular formula is C18H31N. The third-order valence-corrected chi connectivity index (χ3v) is 3.93. The van der Waals surface area contributed by atoms with Crippen LogP contribution in [0.1, 0.15) is 56.7 Å². The Labute approximate surface area is 119 Å². The van der Waals surface area contributed by atoms with Crippen molar-refractivity contribution in [3.63, 3.8) is 0 Å². The molecule has 108 valence electrons. The van der Waals surface area contributed by atoms with Gasteiger partial charge in [0.2, 0.25) is 0 Å². The molecule has 0 amide bonds. The van der Waals surface area contributed by atoms with Crippen molar-refractivity contribution in [2.24, 2.45) is 5.92 Å². The first-order valence-electron chi connectivity index (χ1n) is 7.84. The lowest BCUT2D eigenvalue weighted by Gasteiger charge is -2.22. The minimum atomic E-state index is 0.671. The fourth-order valence-electron chi connectivity index (χ4n) is 2.58. The molecule has 0 aromatic heterocycles. The zero-order chi connectivity index (χ0) is 14.3. The minimum Gasteiger partial charge on any atom is -0.314 e. The Morgan fingerprint density at radius 1 is 1.16 bits per heavy atom. The molecule has 1 unspecified atom stereocenters. The van der Waals surface area contributed by atoms with Crippen molar-refractivity contribution < 1.29 is 0 Å². The number of aryl methyl sites for hydroxylation is 3. The lowest BCUT2D eigenvalue weighted by atomic mass is 9.95. The van der Waals surface area contributed by atoms with Crippen LogP contribution in [0.25, 0.3) is 0 Å². The van der Waals surface area contributed by atoms with Crippen molar-refractivity contribution in [1.82, 2.24) is 5.32 Å². The number of benzene rings is 1. The van der Waals surface area contributed by atoms with Gasteiger partial charge in [-0.1, -0.05) is 44.5 Å². The first kappa shape index (κ1) is 16.2. The van der Waals surface area contributed by atoms with E-state index in [-0.39, 0.29) is 0 Å². The molecule has 1 rings (SSSR count). The molecule has 1 nitrogen and oxygen atoms in total. The van der Waals surface area contributed by atoms with Gasteiger partial charge in [-0.25, -0.2) is 0 Å². The van der Waals surface area contributed by atoms with E-state index in [4.69, 9.17) is 0 Å². The van der Waals surface area contributed by atoms with Gasteiger partial charge in [0.1, 0.15) is 0 Å². The van der Waals surface area contributed by atoms with Gasteiger partial charge in [0.25, 0.3) is 0 Å². The van der Waals surface area contributed by atoms with Crippen LogP contribution in [0.5, 0.6) is 0 Å². The summed E-state index contributed by atoms with van der Waals surface area (Å²) in [5.41, 5.74) is 4.34. The van der Waals surface area contributed by atoms with Gasteiger partial charge in [-0.15, -0.1) is 0 Å². The van der Waals surface area contributed by atoms with Crippen LogP contribution in [0, 0.1) is 19.8 Å². The normalized spacial score (nSPS) is 12.9. The van der Waals surface area contributed by atoms with Crippen LogP contribution in [-0.2, 0) is 6.42 Å². The fourth-order valence-corrected chi connectivity index (χ4v) is 2.58. The predicted octanol–water partition coefficient (Wildman–Crippen LogP) is 4.65. The van der Waals surface area contributed by atoms with Gasteiger partial charge in [0.05, 0.1) is 0 Å². The molecule has 19 heavy (non-hydrogen) atoms. The average Bonchev–Trinajstić information content (AvgIpc) is 2.37. The highest BCUT2D eigenvalue weighted by Crippen LogP contribution is 2.16. The Hall–Kier alpha value is -0.820. The highest BCUT2D eigenvalue weighted by molar-refractivity contribution is 5.30. The molecule has 0 spiro atoms. The summed E-state index contributed by atoms with van der Waals surface area (Å²) in [6, 6.07) is 7.47. The van der Waals surface area contributed by atoms with Crippen LogP contribution in [0.4, 0.5) is 0 Å². The Bertz CT molecular complexity index is 368. The van der Waals surface area contributed by atoms with E-state index in [2.05, 4.69) is 58.1 Å². The lowest BCUT2D eigenvalue weighted by Crippen LogP contribution is -2.34. The molecule has 0 aliphatic rings. The molecule has 0 aliphatic carbocycles. The molecule has 0 saturated carbocycles. The average molecular weight is 261 g/mol. The molecular weight excluding hydrogens is 230 g/mol. The second-order valence-electron chi connectivity index (χ2n) is 6.13. The standard InChI is InChI=1S/C18H31N/c1-6-12-19-18(14(2)3)9-7-8-17-13-15(4)10-11-16(17)5/h10-11,13-14,18-19H,6-9,12H2,1-5H3. The highest BCUT2D eigenvalue weighted by atomic mass is 14.9. The van der Waals surface area contributed by atoms with Crippen LogP contribution in [0.2, 0.25) is 0 Å². The zero-order valence-corrected chi connectivity index (χ0v) is 13.4. The van der Waals surface area contributed by atoms with E-state index in [1.165, 1.54) is 42.4 Å². The summed E-state index contributed by atoms with van der Waals surface area (Å²) in [4.78, 5) is 0. The fraction of sp³-hybridized carbons (Fsp3) is 0.667. The first-order valence-corrected chi connectivity index (χ1v) is 7.84. The maximum absolute atomic E-state index is 3.68. The SMILES string of the molecule is CCCNC(CCCc1cc(C)ccc1C)C(C)C. The minimum absolute atomic E-state index is 0.671. The van der Waals surface area contributed by atoms with E-state index < -0.39 is 0 Å². The van der Waals surface area contributed by atoms with E-state index >= 15 is 0 Å². The van der Waals surface area contributed by atoms with Crippen LogP contribution in [0.3, 0.4) is 0 Å². The topological polar surface area (TPSA) is 12.0 Å². The van der Waals surface area contributed by atoms with Gasteiger partial charge < -0.3 is 5.32 Å².